The van der Waals surface area contributed by atoms with Crippen molar-refractivity contribution in [3.05, 3.63) is 69.4 Å². The first-order valence-corrected chi connectivity index (χ1v) is 11.3. The van der Waals surface area contributed by atoms with Crippen molar-refractivity contribution < 1.29 is 14.3 Å². The molecule has 166 valence electrons. The maximum Gasteiger partial charge on any atom is 0.337 e. The zero-order valence-corrected chi connectivity index (χ0v) is 18.5. The van der Waals surface area contributed by atoms with Gasteiger partial charge in [-0.25, -0.2) is 4.79 Å². The Balaban J connectivity index is 1.53. The molecule has 1 unspecified atom stereocenters. The molecule has 3 aromatic rings. The predicted molar refractivity (Wildman–Crippen MR) is 126 cm³/mol. The minimum Gasteiger partial charge on any atom is -0.478 e. The van der Waals surface area contributed by atoms with Crippen LogP contribution in [-0.4, -0.2) is 24.2 Å². The van der Waals surface area contributed by atoms with Crippen LogP contribution in [0.5, 0.6) is 0 Å². The molecule has 0 radical (unpaired) electrons. The minimum absolute atomic E-state index is 0.0453. The van der Waals surface area contributed by atoms with Crippen molar-refractivity contribution in [2.75, 3.05) is 23.3 Å². The molecule has 1 atom stereocenters. The van der Waals surface area contributed by atoms with Crippen molar-refractivity contribution >= 4 is 28.5 Å². The Hall–Kier alpha value is -3.28. The van der Waals surface area contributed by atoms with Crippen LogP contribution in [0.25, 0.3) is 11.0 Å². The highest BCUT2D eigenvalue weighted by Crippen LogP contribution is 2.54. The number of nitrogens with one attached hydrogen (secondary N) is 1. The topological polar surface area (TPSA) is 82.8 Å². The maximum absolute atomic E-state index is 13.0. The van der Waals surface area contributed by atoms with E-state index in [0.717, 1.165) is 37.1 Å². The largest absolute Gasteiger partial charge is 0.478 e. The molecular weight excluding hydrogens is 404 g/mol. The SMILES string of the molecule is Cc1cc(C(C)Nc2ccccc2C(=O)O)c2oc(N3CCC4(CC3)CC4)cc(=O)c2c1. The zero-order valence-electron chi connectivity index (χ0n) is 18.5. The highest BCUT2D eigenvalue weighted by molar-refractivity contribution is 5.94. The van der Waals surface area contributed by atoms with Crippen molar-refractivity contribution in [3.63, 3.8) is 0 Å². The molecule has 2 aliphatic rings. The number of anilines is 2. The summed E-state index contributed by atoms with van der Waals surface area (Å²) in [4.78, 5) is 26.8. The Morgan fingerprint density at radius 3 is 2.53 bits per heavy atom. The second-order valence-electron chi connectivity index (χ2n) is 9.38. The Morgan fingerprint density at radius 2 is 1.84 bits per heavy atom. The van der Waals surface area contributed by atoms with E-state index in [9.17, 15) is 14.7 Å². The number of rotatable bonds is 5. The summed E-state index contributed by atoms with van der Waals surface area (Å²) in [5.41, 5.74) is 3.61. The predicted octanol–water partition coefficient (Wildman–Crippen LogP) is 5.35. The van der Waals surface area contributed by atoms with Gasteiger partial charge in [0, 0.05) is 30.4 Å². The molecule has 1 aliphatic carbocycles. The van der Waals surface area contributed by atoms with Gasteiger partial charge in [-0.05, 0) is 68.7 Å². The van der Waals surface area contributed by atoms with E-state index in [4.69, 9.17) is 4.42 Å². The van der Waals surface area contributed by atoms with Crippen LogP contribution < -0.4 is 15.6 Å². The average Bonchev–Trinajstić information content (AvgIpc) is 3.53. The van der Waals surface area contributed by atoms with E-state index in [1.165, 1.54) is 12.8 Å². The Kier molecular flexibility index (Phi) is 4.96. The number of carbonyl (C=O) groups is 1. The monoisotopic (exact) mass is 432 g/mol. The number of hydrogen-bond acceptors (Lipinski definition) is 5. The fourth-order valence-electron chi connectivity index (χ4n) is 4.88. The van der Waals surface area contributed by atoms with E-state index in [2.05, 4.69) is 10.2 Å². The smallest absolute Gasteiger partial charge is 0.337 e. The fraction of sp³-hybridized carbons (Fsp3) is 0.385. The molecule has 5 rings (SSSR count). The second kappa shape index (κ2) is 7.69. The van der Waals surface area contributed by atoms with Crippen LogP contribution in [-0.2, 0) is 0 Å². The van der Waals surface area contributed by atoms with E-state index in [0.29, 0.717) is 28.0 Å². The molecule has 32 heavy (non-hydrogen) atoms. The molecule has 1 aromatic heterocycles. The number of carboxylic acid groups (broad SMARTS) is 1. The van der Waals surface area contributed by atoms with Crippen molar-refractivity contribution in [1.82, 2.24) is 0 Å². The van der Waals surface area contributed by atoms with E-state index in [1.54, 1.807) is 30.3 Å². The van der Waals surface area contributed by atoms with Crippen molar-refractivity contribution in [3.8, 4) is 0 Å². The lowest BCUT2D eigenvalue weighted by Gasteiger charge is -2.32. The molecule has 2 aromatic carbocycles. The number of fused-ring (bicyclic) bond motifs is 1. The van der Waals surface area contributed by atoms with E-state index in [1.807, 2.05) is 26.0 Å². The lowest BCUT2D eigenvalue weighted by molar-refractivity contribution is 0.0698. The summed E-state index contributed by atoms with van der Waals surface area (Å²) in [6, 6.07) is 12.1. The van der Waals surface area contributed by atoms with Crippen LogP contribution in [0.15, 0.2) is 51.7 Å². The van der Waals surface area contributed by atoms with Crippen LogP contribution in [0.3, 0.4) is 0 Å². The number of piperidine rings is 1. The minimum atomic E-state index is -0.984. The van der Waals surface area contributed by atoms with E-state index < -0.39 is 5.97 Å². The first-order valence-electron chi connectivity index (χ1n) is 11.3. The first kappa shape index (κ1) is 20.6. The van der Waals surface area contributed by atoms with E-state index in [-0.39, 0.29) is 17.0 Å². The van der Waals surface area contributed by atoms with E-state index >= 15 is 0 Å². The molecule has 6 heteroatoms. The molecule has 1 aliphatic heterocycles. The normalized spacial score (nSPS) is 18.0. The van der Waals surface area contributed by atoms with Gasteiger partial charge in [0.2, 0.25) is 0 Å². The lowest BCUT2D eigenvalue weighted by Crippen LogP contribution is -2.34. The lowest BCUT2D eigenvalue weighted by atomic mass is 9.94. The summed E-state index contributed by atoms with van der Waals surface area (Å²) >= 11 is 0. The summed E-state index contributed by atoms with van der Waals surface area (Å²) in [5.74, 6) is -0.358. The first-order chi connectivity index (χ1) is 15.3. The molecule has 2 N–H and O–H groups in total. The molecule has 0 bridgehead atoms. The van der Waals surface area contributed by atoms with Crippen LogP contribution in [0.2, 0.25) is 0 Å². The summed E-state index contributed by atoms with van der Waals surface area (Å²) < 4.78 is 6.36. The van der Waals surface area contributed by atoms with Crippen LogP contribution in [0.1, 0.15) is 60.1 Å². The van der Waals surface area contributed by atoms with Gasteiger partial charge >= 0.3 is 5.97 Å². The molecule has 0 amide bonds. The van der Waals surface area contributed by atoms with Crippen LogP contribution in [0.4, 0.5) is 11.6 Å². The van der Waals surface area contributed by atoms with Crippen molar-refractivity contribution in [1.29, 1.82) is 0 Å². The van der Waals surface area contributed by atoms with Gasteiger partial charge in [0.05, 0.1) is 17.0 Å². The maximum atomic E-state index is 13.0. The number of nitrogens with zero attached hydrogens (tertiary/aromatic N) is 1. The fourth-order valence-corrected chi connectivity index (χ4v) is 4.88. The molecular formula is C26H28N2O4. The summed E-state index contributed by atoms with van der Waals surface area (Å²) in [7, 11) is 0. The van der Waals surface area contributed by atoms with Gasteiger partial charge in [-0.15, -0.1) is 0 Å². The van der Waals surface area contributed by atoms with Gasteiger partial charge in [-0.2, -0.15) is 0 Å². The molecule has 1 spiro atoms. The van der Waals surface area contributed by atoms with Gasteiger partial charge < -0.3 is 19.7 Å². The second-order valence-corrected chi connectivity index (χ2v) is 9.38. The number of aryl methyl sites for hydroxylation is 1. The van der Waals surface area contributed by atoms with Gasteiger partial charge in [0.25, 0.3) is 0 Å². The van der Waals surface area contributed by atoms with Gasteiger partial charge in [-0.3, -0.25) is 4.79 Å². The van der Waals surface area contributed by atoms with Gasteiger partial charge in [-0.1, -0.05) is 18.2 Å². The number of aromatic carboxylic acids is 1. The quantitative estimate of drug-likeness (QED) is 0.565. The number of para-hydroxylation sites is 1. The summed E-state index contributed by atoms with van der Waals surface area (Å²) in [6.45, 7) is 5.73. The highest BCUT2D eigenvalue weighted by atomic mass is 16.4. The highest BCUT2D eigenvalue weighted by Gasteiger charge is 2.44. The van der Waals surface area contributed by atoms with Gasteiger partial charge in [0.15, 0.2) is 11.3 Å². The third-order valence-electron chi connectivity index (χ3n) is 7.08. The Morgan fingerprint density at radius 1 is 1.12 bits per heavy atom. The number of benzene rings is 2. The molecule has 2 fully saturated rings. The van der Waals surface area contributed by atoms with Crippen LogP contribution in [0, 0.1) is 12.3 Å². The summed E-state index contributed by atoms with van der Waals surface area (Å²) in [5, 5.41) is 13.4. The van der Waals surface area contributed by atoms with Crippen molar-refractivity contribution in [2.24, 2.45) is 5.41 Å². The molecule has 2 heterocycles. The van der Waals surface area contributed by atoms with Crippen LogP contribution >= 0.6 is 0 Å². The summed E-state index contributed by atoms with van der Waals surface area (Å²) in [6.07, 6.45) is 4.96. The zero-order chi connectivity index (χ0) is 22.5. The molecule has 1 saturated heterocycles. The standard InChI is InChI=1S/C26H28N2O4/c1-16-13-19(17(2)27-21-6-4-3-5-18(21)25(30)31)24-20(14-16)22(29)15-23(32-24)28-11-9-26(7-8-26)10-12-28/h3-6,13-15,17,27H,7-12H2,1-2H3,(H,30,31). The molecule has 6 nitrogen and oxygen atoms in total. The third-order valence-corrected chi connectivity index (χ3v) is 7.08. The Bertz CT molecular complexity index is 1250. The van der Waals surface area contributed by atoms with Crippen molar-refractivity contribution in [2.45, 2.75) is 45.6 Å². The number of hydrogen-bond donors (Lipinski definition) is 2. The average molecular weight is 433 g/mol. The Labute approximate surface area is 186 Å². The third kappa shape index (κ3) is 3.74. The number of carboxylic acids is 1. The van der Waals surface area contributed by atoms with Gasteiger partial charge in [0.1, 0.15) is 5.58 Å². The molecule has 1 saturated carbocycles.